The van der Waals surface area contributed by atoms with Gasteiger partial charge in [-0.25, -0.2) is 4.79 Å². The smallest absolute Gasteiger partial charge is 0.490 e. The Morgan fingerprint density at radius 2 is 1.63 bits per heavy atom. The molecular weight excluding hydrogens is 379 g/mol. The van der Waals surface area contributed by atoms with Gasteiger partial charge in [-0.05, 0) is 6.07 Å². The van der Waals surface area contributed by atoms with Gasteiger partial charge in [0.25, 0.3) is 5.91 Å². The summed E-state index contributed by atoms with van der Waals surface area (Å²) in [5.74, 6) is -3.78. The summed E-state index contributed by atoms with van der Waals surface area (Å²) in [4.78, 5) is 31.1. The van der Waals surface area contributed by atoms with Gasteiger partial charge in [-0.15, -0.1) is 0 Å². The number of nitrogens with two attached hydrogens (primary N) is 1. The van der Waals surface area contributed by atoms with Crippen LogP contribution in [0.25, 0.3) is 10.9 Å². The monoisotopic (exact) mass is 393 g/mol. The molecule has 0 atom stereocenters. The van der Waals surface area contributed by atoms with E-state index in [9.17, 15) is 22.8 Å². The second-order valence-corrected chi connectivity index (χ2v) is 4.79. The Labute approximate surface area is 148 Å². The fourth-order valence-electron chi connectivity index (χ4n) is 1.93. The fraction of sp³-hybridized carbons (Fsp3) is 0.286. The number of benzene rings is 1. The minimum Gasteiger partial charge on any atom is -0.493 e. The number of aromatic nitrogens is 2. The molecule has 0 bridgehead atoms. The van der Waals surface area contributed by atoms with Crippen molar-refractivity contribution in [2.45, 2.75) is 12.7 Å². The van der Waals surface area contributed by atoms with Gasteiger partial charge in [0.15, 0.2) is 17.2 Å². The minimum absolute atomic E-state index is 0.0118. The van der Waals surface area contributed by atoms with Gasteiger partial charge < -0.3 is 25.4 Å². The second-order valence-electron chi connectivity index (χ2n) is 4.79. The highest BCUT2D eigenvalue weighted by Crippen LogP contribution is 2.33. The summed E-state index contributed by atoms with van der Waals surface area (Å²) in [5.41, 5.74) is 5.67. The topological polar surface area (TPSA) is 154 Å². The van der Waals surface area contributed by atoms with E-state index in [1.54, 1.807) is 12.1 Å². The summed E-state index contributed by atoms with van der Waals surface area (Å²) >= 11 is 0. The van der Waals surface area contributed by atoms with E-state index in [-0.39, 0.29) is 12.2 Å². The van der Waals surface area contributed by atoms with Crippen LogP contribution >= 0.6 is 0 Å². The number of hydrogen-bond acceptors (Lipinski definition) is 6. The fourth-order valence-corrected chi connectivity index (χ4v) is 1.93. The van der Waals surface area contributed by atoms with Crippen LogP contribution in [0.2, 0.25) is 0 Å². The summed E-state index contributed by atoms with van der Waals surface area (Å²) in [5, 5.41) is 20.3. The molecule has 0 spiro atoms. The first-order chi connectivity index (χ1) is 12.4. The number of amides is 1. The number of aliphatic carboxylic acids is 2. The van der Waals surface area contributed by atoms with E-state index in [0.29, 0.717) is 22.4 Å². The Morgan fingerprint density at radius 3 is 2.00 bits per heavy atom. The molecule has 0 aliphatic rings. The molecule has 2 rings (SSSR count). The summed E-state index contributed by atoms with van der Waals surface area (Å²) in [6.45, 7) is -0.390. The molecule has 1 amide bonds. The van der Waals surface area contributed by atoms with Crippen LogP contribution in [-0.2, 0) is 16.1 Å². The lowest BCUT2D eigenvalue weighted by Gasteiger charge is -2.08. The molecule has 1 aromatic carbocycles. The van der Waals surface area contributed by atoms with Gasteiger partial charge >= 0.3 is 18.1 Å². The maximum absolute atomic E-state index is 11.4. The molecule has 0 unspecified atom stereocenters. The molecule has 1 heterocycles. The van der Waals surface area contributed by atoms with Gasteiger partial charge in [0.05, 0.1) is 19.7 Å². The quantitative estimate of drug-likeness (QED) is 0.676. The highest BCUT2D eigenvalue weighted by atomic mass is 19.4. The van der Waals surface area contributed by atoms with Crippen LogP contribution in [0.3, 0.4) is 0 Å². The first-order valence-electron chi connectivity index (χ1n) is 6.86. The predicted molar refractivity (Wildman–Crippen MR) is 82.7 cm³/mol. The number of primary amides is 1. The number of nitrogens with zero attached hydrogens (tertiary/aromatic N) is 2. The van der Waals surface area contributed by atoms with Crippen molar-refractivity contribution < 1.29 is 47.2 Å². The zero-order valence-corrected chi connectivity index (χ0v) is 13.9. The molecule has 2 aromatic rings. The first kappa shape index (κ1) is 21.5. The van der Waals surface area contributed by atoms with Gasteiger partial charge in [0.2, 0.25) is 0 Å². The van der Waals surface area contributed by atoms with Gasteiger partial charge in [0, 0.05) is 11.5 Å². The number of carboxylic acids is 2. The average molecular weight is 393 g/mol. The molecule has 27 heavy (non-hydrogen) atoms. The van der Waals surface area contributed by atoms with Gasteiger partial charge in [-0.1, -0.05) is 0 Å². The Bertz CT molecular complexity index is 877. The minimum atomic E-state index is -5.08. The molecule has 0 fully saturated rings. The third kappa shape index (κ3) is 5.23. The second kappa shape index (κ2) is 8.25. The SMILES string of the molecule is COc1cc2c(C(N)=O)nn(CC(=O)O)c2cc1OC.O=C(O)C(F)(F)F. The molecular formula is C14H14F3N3O7. The third-order valence-corrected chi connectivity index (χ3v) is 3.02. The normalized spacial score (nSPS) is 10.7. The summed E-state index contributed by atoms with van der Waals surface area (Å²) < 4.78 is 43.2. The zero-order chi connectivity index (χ0) is 20.9. The molecule has 0 aliphatic carbocycles. The van der Waals surface area contributed by atoms with E-state index in [1.807, 2.05) is 0 Å². The third-order valence-electron chi connectivity index (χ3n) is 3.02. The van der Waals surface area contributed by atoms with Crippen molar-refractivity contribution in [3.63, 3.8) is 0 Å². The van der Waals surface area contributed by atoms with Crippen LogP contribution in [0.15, 0.2) is 12.1 Å². The molecule has 0 radical (unpaired) electrons. The summed E-state index contributed by atoms with van der Waals surface area (Å²) in [6.07, 6.45) is -5.08. The predicted octanol–water partition coefficient (Wildman–Crippen LogP) is 0.870. The van der Waals surface area contributed by atoms with Crippen molar-refractivity contribution in [2.75, 3.05) is 14.2 Å². The highest BCUT2D eigenvalue weighted by Gasteiger charge is 2.38. The van der Waals surface area contributed by atoms with Crippen LogP contribution in [-0.4, -0.2) is 58.2 Å². The number of carbonyl (C=O) groups excluding carboxylic acids is 1. The lowest BCUT2D eigenvalue weighted by atomic mass is 10.2. The molecule has 0 saturated carbocycles. The standard InChI is InChI=1S/C12H13N3O5.C2HF3O2/c1-19-8-3-6-7(4-9(8)20-2)15(5-10(16)17)14-11(6)12(13)18;3-2(4,5)1(6)7/h3-4H,5H2,1-2H3,(H2,13,18)(H,16,17);(H,6,7). The van der Waals surface area contributed by atoms with E-state index in [1.165, 1.54) is 18.9 Å². The lowest BCUT2D eigenvalue weighted by Crippen LogP contribution is -2.21. The van der Waals surface area contributed by atoms with Gasteiger partial charge in [-0.3, -0.25) is 14.3 Å². The Balaban J connectivity index is 0.000000445. The number of hydrogen-bond donors (Lipinski definition) is 3. The van der Waals surface area contributed by atoms with Crippen molar-refractivity contribution >= 4 is 28.7 Å². The number of alkyl halides is 3. The van der Waals surface area contributed by atoms with Gasteiger partial charge in [-0.2, -0.15) is 18.3 Å². The number of rotatable bonds is 5. The number of carbonyl (C=O) groups is 3. The molecule has 4 N–H and O–H groups in total. The van der Waals surface area contributed by atoms with Crippen LogP contribution < -0.4 is 15.2 Å². The van der Waals surface area contributed by atoms with E-state index < -0.39 is 24.0 Å². The number of fused-ring (bicyclic) bond motifs is 1. The number of ether oxygens (including phenoxy) is 2. The van der Waals surface area contributed by atoms with Crippen molar-refractivity contribution in [1.82, 2.24) is 9.78 Å². The molecule has 0 saturated heterocycles. The maximum atomic E-state index is 11.4. The van der Waals surface area contributed by atoms with Crippen LogP contribution in [0.1, 0.15) is 10.5 Å². The van der Waals surface area contributed by atoms with Crippen LogP contribution in [0, 0.1) is 0 Å². The van der Waals surface area contributed by atoms with E-state index in [0.717, 1.165) is 0 Å². The summed E-state index contributed by atoms with van der Waals surface area (Å²) in [7, 11) is 2.91. The Morgan fingerprint density at radius 1 is 1.15 bits per heavy atom. The highest BCUT2D eigenvalue weighted by molar-refractivity contribution is 6.05. The van der Waals surface area contributed by atoms with E-state index in [4.69, 9.17) is 30.2 Å². The average Bonchev–Trinajstić information content (AvgIpc) is 2.90. The number of methoxy groups -OCH3 is 2. The van der Waals surface area contributed by atoms with Crippen molar-refractivity contribution in [3.05, 3.63) is 17.8 Å². The molecule has 0 aliphatic heterocycles. The Kier molecular flexibility index (Phi) is 6.58. The molecule has 1 aromatic heterocycles. The lowest BCUT2D eigenvalue weighted by molar-refractivity contribution is -0.192. The van der Waals surface area contributed by atoms with Crippen molar-refractivity contribution in [1.29, 1.82) is 0 Å². The van der Waals surface area contributed by atoms with Gasteiger partial charge in [0.1, 0.15) is 6.54 Å². The van der Waals surface area contributed by atoms with E-state index >= 15 is 0 Å². The van der Waals surface area contributed by atoms with Crippen LogP contribution in [0.4, 0.5) is 13.2 Å². The zero-order valence-electron chi connectivity index (χ0n) is 13.9. The van der Waals surface area contributed by atoms with Crippen LogP contribution in [0.5, 0.6) is 11.5 Å². The van der Waals surface area contributed by atoms with E-state index in [2.05, 4.69) is 5.10 Å². The Hall–Kier alpha value is -3.51. The summed E-state index contributed by atoms with van der Waals surface area (Å²) in [6, 6.07) is 3.09. The molecule has 148 valence electrons. The largest absolute Gasteiger partial charge is 0.493 e. The van der Waals surface area contributed by atoms with Crippen molar-refractivity contribution in [2.24, 2.45) is 5.73 Å². The van der Waals surface area contributed by atoms with Crippen molar-refractivity contribution in [3.8, 4) is 11.5 Å². The number of halogens is 3. The first-order valence-corrected chi connectivity index (χ1v) is 6.86. The maximum Gasteiger partial charge on any atom is 0.490 e. The molecule has 10 nitrogen and oxygen atoms in total. The number of carboxylic acid groups (broad SMARTS) is 2. The molecule has 13 heteroatoms.